The van der Waals surface area contributed by atoms with Crippen LogP contribution in [0.25, 0.3) is 0 Å². The highest BCUT2D eigenvalue weighted by Gasteiger charge is 2.26. The number of likely N-dealkylation sites (tertiary alicyclic amines) is 1. The molecular formula is C20H31F3IN3O. The van der Waals surface area contributed by atoms with E-state index < -0.39 is 12.6 Å². The molecule has 1 aromatic rings. The van der Waals surface area contributed by atoms with Gasteiger partial charge in [0.2, 0.25) is 0 Å². The third-order valence-corrected chi connectivity index (χ3v) is 4.52. The van der Waals surface area contributed by atoms with Crippen molar-refractivity contribution in [1.29, 1.82) is 0 Å². The smallest absolute Gasteiger partial charge is 0.376 e. The van der Waals surface area contributed by atoms with Gasteiger partial charge in [-0.3, -0.25) is 4.99 Å². The third kappa shape index (κ3) is 9.95. The summed E-state index contributed by atoms with van der Waals surface area (Å²) in [7, 11) is 0. The SMILES string of the molecule is CCNC(=NCCCCC(F)(F)F)N1CCC(COCc2ccccc2)C1.I. The van der Waals surface area contributed by atoms with Gasteiger partial charge in [0.1, 0.15) is 0 Å². The number of benzene rings is 1. The quantitative estimate of drug-likeness (QED) is 0.222. The number of rotatable bonds is 9. The van der Waals surface area contributed by atoms with Gasteiger partial charge in [-0.25, -0.2) is 0 Å². The van der Waals surface area contributed by atoms with Gasteiger partial charge in [0.15, 0.2) is 5.96 Å². The summed E-state index contributed by atoms with van der Waals surface area (Å²) in [5.41, 5.74) is 1.17. The topological polar surface area (TPSA) is 36.9 Å². The maximum Gasteiger partial charge on any atom is 0.389 e. The highest BCUT2D eigenvalue weighted by atomic mass is 127. The van der Waals surface area contributed by atoms with Crippen molar-refractivity contribution in [2.24, 2.45) is 10.9 Å². The van der Waals surface area contributed by atoms with E-state index in [4.69, 9.17) is 4.74 Å². The Hall–Kier alpha value is -1.03. The molecule has 1 fully saturated rings. The van der Waals surface area contributed by atoms with Gasteiger partial charge in [0.05, 0.1) is 13.2 Å². The van der Waals surface area contributed by atoms with E-state index in [2.05, 4.69) is 27.3 Å². The summed E-state index contributed by atoms with van der Waals surface area (Å²) in [4.78, 5) is 6.68. The third-order valence-electron chi connectivity index (χ3n) is 4.52. The molecule has 8 heteroatoms. The van der Waals surface area contributed by atoms with E-state index >= 15 is 0 Å². The van der Waals surface area contributed by atoms with Crippen molar-refractivity contribution < 1.29 is 17.9 Å². The second-order valence-electron chi connectivity index (χ2n) is 6.91. The summed E-state index contributed by atoms with van der Waals surface area (Å²) in [6.45, 7) is 6.24. The van der Waals surface area contributed by atoms with E-state index in [0.29, 0.717) is 32.1 Å². The Morgan fingerprint density at radius 2 is 2.00 bits per heavy atom. The lowest BCUT2D eigenvalue weighted by Gasteiger charge is -2.21. The molecule has 0 aliphatic carbocycles. The number of aliphatic imine (C=N–C) groups is 1. The first-order valence-electron chi connectivity index (χ1n) is 9.69. The maximum absolute atomic E-state index is 12.2. The van der Waals surface area contributed by atoms with E-state index in [9.17, 15) is 13.2 Å². The van der Waals surface area contributed by atoms with Gasteiger partial charge in [-0.15, -0.1) is 24.0 Å². The molecule has 1 aliphatic rings. The van der Waals surface area contributed by atoms with Crippen molar-refractivity contribution >= 4 is 29.9 Å². The van der Waals surface area contributed by atoms with E-state index in [0.717, 1.165) is 32.0 Å². The summed E-state index contributed by atoms with van der Waals surface area (Å²) < 4.78 is 42.4. The van der Waals surface area contributed by atoms with E-state index in [-0.39, 0.29) is 30.4 Å². The van der Waals surface area contributed by atoms with Crippen LogP contribution in [0.2, 0.25) is 0 Å². The minimum absolute atomic E-state index is 0. The van der Waals surface area contributed by atoms with Crippen LogP contribution in [-0.2, 0) is 11.3 Å². The largest absolute Gasteiger partial charge is 0.389 e. The Labute approximate surface area is 182 Å². The Morgan fingerprint density at radius 1 is 1.25 bits per heavy atom. The summed E-state index contributed by atoms with van der Waals surface area (Å²) >= 11 is 0. The first kappa shape index (κ1) is 25.0. The number of halogens is 4. The summed E-state index contributed by atoms with van der Waals surface area (Å²) in [5.74, 6) is 1.25. The highest BCUT2D eigenvalue weighted by molar-refractivity contribution is 14.0. The number of hydrogen-bond donors (Lipinski definition) is 1. The van der Waals surface area contributed by atoms with Crippen molar-refractivity contribution in [3.05, 3.63) is 35.9 Å². The predicted molar refractivity (Wildman–Crippen MR) is 117 cm³/mol. The summed E-state index contributed by atoms with van der Waals surface area (Å²) in [6.07, 6.45) is -3.19. The zero-order valence-electron chi connectivity index (χ0n) is 16.4. The molecule has 1 unspecified atom stereocenters. The molecule has 1 atom stereocenters. The number of alkyl halides is 3. The predicted octanol–water partition coefficient (Wildman–Crippen LogP) is 4.84. The Morgan fingerprint density at radius 3 is 2.68 bits per heavy atom. The minimum Gasteiger partial charge on any atom is -0.376 e. The second kappa shape index (κ2) is 13.2. The van der Waals surface area contributed by atoms with Gasteiger partial charge in [0, 0.05) is 38.5 Å². The van der Waals surface area contributed by atoms with Gasteiger partial charge in [-0.1, -0.05) is 30.3 Å². The van der Waals surface area contributed by atoms with Crippen molar-refractivity contribution in [2.75, 3.05) is 32.8 Å². The molecule has 0 saturated carbocycles. The standard InChI is InChI=1S/C20H30F3N3O.HI/c1-2-24-19(25-12-7-6-11-20(21,22)23)26-13-10-18(14-26)16-27-15-17-8-4-3-5-9-17;/h3-5,8-9,18H,2,6-7,10-16H2,1H3,(H,24,25);1H. The highest BCUT2D eigenvalue weighted by Crippen LogP contribution is 2.22. The zero-order chi connectivity index (χ0) is 19.5. The molecule has 28 heavy (non-hydrogen) atoms. The lowest BCUT2D eigenvalue weighted by Crippen LogP contribution is -2.40. The monoisotopic (exact) mass is 513 g/mol. The molecule has 1 aromatic carbocycles. The van der Waals surface area contributed by atoms with Gasteiger partial charge in [0.25, 0.3) is 0 Å². The summed E-state index contributed by atoms with van der Waals surface area (Å²) in [5, 5.41) is 3.25. The molecule has 1 aliphatic heterocycles. The molecule has 0 spiro atoms. The molecule has 0 bridgehead atoms. The average molecular weight is 513 g/mol. The normalized spacial score (nSPS) is 17.5. The first-order valence-corrected chi connectivity index (χ1v) is 9.69. The van der Waals surface area contributed by atoms with Crippen LogP contribution in [0.3, 0.4) is 0 Å². The zero-order valence-corrected chi connectivity index (χ0v) is 18.7. The second-order valence-corrected chi connectivity index (χ2v) is 6.91. The maximum atomic E-state index is 12.2. The van der Waals surface area contributed by atoms with Crippen LogP contribution in [0.5, 0.6) is 0 Å². The van der Waals surface area contributed by atoms with E-state index in [1.165, 1.54) is 5.56 Å². The van der Waals surface area contributed by atoms with Crippen molar-refractivity contribution in [1.82, 2.24) is 10.2 Å². The Balaban J connectivity index is 0.00000392. The van der Waals surface area contributed by atoms with Crippen LogP contribution >= 0.6 is 24.0 Å². The van der Waals surface area contributed by atoms with Crippen LogP contribution in [0, 0.1) is 5.92 Å². The Kier molecular flexibility index (Phi) is 11.8. The molecule has 160 valence electrons. The lowest BCUT2D eigenvalue weighted by molar-refractivity contribution is -0.135. The van der Waals surface area contributed by atoms with Crippen molar-refractivity contribution in [3.8, 4) is 0 Å². The van der Waals surface area contributed by atoms with Crippen LogP contribution in [0.4, 0.5) is 13.2 Å². The molecule has 2 rings (SSSR count). The average Bonchev–Trinajstić information content (AvgIpc) is 3.09. The summed E-state index contributed by atoms with van der Waals surface area (Å²) in [6, 6.07) is 10.1. The van der Waals surface area contributed by atoms with E-state index in [1.807, 2.05) is 25.1 Å². The van der Waals surface area contributed by atoms with Crippen molar-refractivity contribution in [3.63, 3.8) is 0 Å². The molecule has 4 nitrogen and oxygen atoms in total. The minimum atomic E-state index is -4.07. The van der Waals surface area contributed by atoms with Crippen molar-refractivity contribution in [2.45, 2.75) is 45.4 Å². The number of ether oxygens (including phenoxy) is 1. The molecule has 0 radical (unpaired) electrons. The first-order chi connectivity index (χ1) is 13.0. The fourth-order valence-corrected chi connectivity index (χ4v) is 3.13. The molecule has 1 heterocycles. The number of nitrogens with zero attached hydrogens (tertiary/aromatic N) is 2. The molecule has 0 aromatic heterocycles. The number of unbranched alkanes of at least 4 members (excludes halogenated alkanes) is 1. The lowest BCUT2D eigenvalue weighted by atomic mass is 10.1. The van der Waals surface area contributed by atoms with Gasteiger partial charge < -0.3 is 15.0 Å². The Bertz CT molecular complexity index is 570. The number of hydrogen-bond acceptors (Lipinski definition) is 2. The van der Waals surface area contributed by atoms with Gasteiger partial charge in [-0.05, 0) is 31.7 Å². The van der Waals surface area contributed by atoms with Gasteiger partial charge in [-0.2, -0.15) is 13.2 Å². The van der Waals surface area contributed by atoms with Crippen LogP contribution in [0.1, 0.15) is 38.2 Å². The molecular weight excluding hydrogens is 482 g/mol. The van der Waals surface area contributed by atoms with Crippen LogP contribution in [0.15, 0.2) is 35.3 Å². The van der Waals surface area contributed by atoms with Gasteiger partial charge >= 0.3 is 6.18 Å². The fraction of sp³-hybridized carbons (Fsp3) is 0.650. The molecule has 0 amide bonds. The van der Waals surface area contributed by atoms with E-state index in [1.54, 1.807) is 0 Å². The van der Waals surface area contributed by atoms with Crippen LogP contribution in [-0.4, -0.2) is 49.8 Å². The molecule has 1 N–H and O–H groups in total. The number of nitrogens with one attached hydrogen (secondary N) is 1. The number of guanidine groups is 1. The van der Waals surface area contributed by atoms with Crippen LogP contribution < -0.4 is 5.32 Å². The molecule has 1 saturated heterocycles. The fourth-order valence-electron chi connectivity index (χ4n) is 3.13.